The van der Waals surface area contributed by atoms with E-state index in [1.54, 1.807) is 18.2 Å². The average Bonchev–Trinajstić information content (AvgIpc) is 2.64. The van der Waals surface area contributed by atoms with Crippen LogP contribution in [0, 0.1) is 18.6 Å². The Morgan fingerprint density at radius 3 is 2.21 bits per heavy atom. The lowest BCUT2D eigenvalue weighted by atomic mass is 10.2. The van der Waals surface area contributed by atoms with Gasteiger partial charge in [-0.25, -0.2) is 22.0 Å². The molecule has 0 aliphatic rings. The number of rotatable bonds is 4. The number of hydrogen-bond donors (Lipinski definition) is 1. The molecule has 3 aromatic carbocycles. The fraction of sp³-hybridized carbons (Fsp3) is 0.0500. The highest BCUT2D eigenvalue weighted by molar-refractivity contribution is 7.91. The highest BCUT2D eigenvalue weighted by Gasteiger charge is 2.19. The zero-order valence-electron chi connectivity index (χ0n) is 14.6. The van der Waals surface area contributed by atoms with Gasteiger partial charge < -0.3 is 4.74 Å². The lowest BCUT2D eigenvalue weighted by Gasteiger charge is -2.09. The second-order valence-electron chi connectivity index (χ2n) is 5.93. The molecule has 0 spiro atoms. The number of aryl methyl sites for hydroxylation is 1. The van der Waals surface area contributed by atoms with Crippen LogP contribution in [0.5, 0.6) is 5.75 Å². The molecule has 0 aliphatic carbocycles. The summed E-state index contributed by atoms with van der Waals surface area (Å²) in [6.45, 7) is 1.86. The summed E-state index contributed by atoms with van der Waals surface area (Å²) in [5.74, 6) is -2.01. The van der Waals surface area contributed by atoms with Crippen molar-refractivity contribution in [1.82, 2.24) is 0 Å². The molecule has 0 unspecified atom stereocenters. The Balaban J connectivity index is 1.73. The molecule has 0 aromatic heterocycles. The van der Waals surface area contributed by atoms with E-state index in [2.05, 4.69) is 5.32 Å². The standard InChI is InChI=1S/C20H15F2NO4S/c1-13-3-2-4-15(11-13)27-20(24)23-14-5-7-16(8-6-14)28(25,26)17-9-10-18(21)19(22)12-17/h2-12H,1H3,(H,23,24). The van der Waals surface area contributed by atoms with Crippen LogP contribution in [-0.4, -0.2) is 14.5 Å². The molecule has 1 amide bonds. The lowest BCUT2D eigenvalue weighted by molar-refractivity contribution is 0.215. The lowest BCUT2D eigenvalue weighted by Crippen LogP contribution is -2.16. The SMILES string of the molecule is Cc1cccc(OC(=O)Nc2ccc(S(=O)(=O)c3ccc(F)c(F)c3)cc2)c1. The molecule has 5 nitrogen and oxygen atoms in total. The minimum Gasteiger partial charge on any atom is -0.410 e. The average molecular weight is 403 g/mol. The second kappa shape index (κ2) is 7.77. The van der Waals surface area contributed by atoms with Gasteiger partial charge in [0.25, 0.3) is 0 Å². The van der Waals surface area contributed by atoms with E-state index in [0.29, 0.717) is 17.5 Å². The van der Waals surface area contributed by atoms with Gasteiger partial charge in [-0.1, -0.05) is 12.1 Å². The monoisotopic (exact) mass is 403 g/mol. The van der Waals surface area contributed by atoms with Crippen molar-refractivity contribution in [2.75, 3.05) is 5.32 Å². The van der Waals surface area contributed by atoms with Crippen molar-refractivity contribution in [3.05, 3.63) is 83.9 Å². The van der Waals surface area contributed by atoms with E-state index in [4.69, 9.17) is 4.74 Å². The molecule has 1 N–H and O–H groups in total. The highest BCUT2D eigenvalue weighted by atomic mass is 32.2. The number of benzene rings is 3. The van der Waals surface area contributed by atoms with Gasteiger partial charge in [-0.05, 0) is 67.1 Å². The number of ether oxygens (including phenoxy) is 1. The van der Waals surface area contributed by atoms with Gasteiger partial charge in [-0.2, -0.15) is 0 Å². The molecular weight excluding hydrogens is 388 g/mol. The van der Waals surface area contributed by atoms with Crippen molar-refractivity contribution >= 4 is 21.6 Å². The van der Waals surface area contributed by atoms with Crippen molar-refractivity contribution in [3.63, 3.8) is 0 Å². The number of hydrogen-bond acceptors (Lipinski definition) is 4. The van der Waals surface area contributed by atoms with Crippen LogP contribution in [0.1, 0.15) is 5.56 Å². The van der Waals surface area contributed by atoms with Crippen LogP contribution in [0.4, 0.5) is 19.3 Å². The number of carbonyl (C=O) groups excluding carboxylic acids is 1. The molecule has 3 rings (SSSR count). The first-order valence-corrected chi connectivity index (χ1v) is 9.60. The molecule has 3 aromatic rings. The molecule has 0 atom stereocenters. The molecule has 28 heavy (non-hydrogen) atoms. The zero-order chi connectivity index (χ0) is 20.3. The summed E-state index contributed by atoms with van der Waals surface area (Å²) in [7, 11) is -4.03. The molecule has 0 heterocycles. The van der Waals surface area contributed by atoms with Crippen LogP contribution in [-0.2, 0) is 9.84 Å². The number of amides is 1. The van der Waals surface area contributed by atoms with Gasteiger partial charge in [-0.15, -0.1) is 0 Å². The van der Waals surface area contributed by atoms with Crippen LogP contribution in [0.15, 0.2) is 76.5 Å². The number of sulfone groups is 1. The highest BCUT2D eigenvalue weighted by Crippen LogP contribution is 2.24. The molecule has 0 radical (unpaired) electrons. The molecule has 0 saturated heterocycles. The first-order valence-electron chi connectivity index (χ1n) is 8.11. The smallest absolute Gasteiger partial charge is 0.410 e. The third-order valence-corrected chi connectivity index (χ3v) is 5.58. The van der Waals surface area contributed by atoms with Gasteiger partial charge in [0.1, 0.15) is 5.75 Å². The van der Waals surface area contributed by atoms with Gasteiger partial charge >= 0.3 is 6.09 Å². The van der Waals surface area contributed by atoms with Crippen molar-refractivity contribution < 1.29 is 26.7 Å². The molecule has 0 fully saturated rings. The van der Waals surface area contributed by atoms with Crippen molar-refractivity contribution in [3.8, 4) is 5.75 Å². The first-order chi connectivity index (χ1) is 13.3. The summed E-state index contributed by atoms with van der Waals surface area (Å²) in [6.07, 6.45) is -0.734. The van der Waals surface area contributed by atoms with E-state index in [1.165, 1.54) is 24.3 Å². The summed E-state index contributed by atoms with van der Waals surface area (Å²) >= 11 is 0. The first kappa shape index (κ1) is 19.5. The van der Waals surface area contributed by atoms with Gasteiger partial charge in [0.05, 0.1) is 9.79 Å². The molecule has 0 bridgehead atoms. The third kappa shape index (κ3) is 4.34. The van der Waals surface area contributed by atoms with Crippen LogP contribution in [0.3, 0.4) is 0 Å². The number of carbonyl (C=O) groups is 1. The second-order valence-corrected chi connectivity index (χ2v) is 7.88. The number of nitrogens with one attached hydrogen (secondary N) is 1. The van der Waals surface area contributed by atoms with E-state index in [1.807, 2.05) is 13.0 Å². The predicted molar refractivity (Wildman–Crippen MR) is 99.1 cm³/mol. The largest absolute Gasteiger partial charge is 0.417 e. The van der Waals surface area contributed by atoms with Crippen molar-refractivity contribution in [2.45, 2.75) is 16.7 Å². The normalized spacial score (nSPS) is 11.1. The van der Waals surface area contributed by atoms with Gasteiger partial charge in [0.2, 0.25) is 9.84 Å². The fourth-order valence-corrected chi connectivity index (χ4v) is 3.70. The van der Waals surface area contributed by atoms with Gasteiger partial charge in [0.15, 0.2) is 11.6 Å². The van der Waals surface area contributed by atoms with Gasteiger partial charge in [-0.3, -0.25) is 5.32 Å². The fourth-order valence-electron chi connectivity index (χ4n) is 2.43. The van der Waals surface area contributed by atoms with Crippen molar-refractivity contribution in [1.29, 1.82) is 0 Å². The Morgan fingerprint density at radius 2 is 1.57 bits per heavy atom. The van der Waals surface area contributed by atoms with E-state index in [-0.39, 0.29) is 9.79 Å². The number of anilines is 1. The molecule has 0 saturated carbocycles. The maximum atomic E-state index is 13.3. The minimum absolute atomic E-state index is 0.129. The third-order valence-electron chi connectivity index (χ3n) is 3.81. The van der Waals surface area contributed by atoms with E-state index in [9.17, 15) is 22.0 Å². The molecule has 0 aliphatic heterocycles. The maximum absolute atomic E-state index is 13.3. The quantitative estimate of drug-likeness (QED) is 0.640. The summed E-state index contributed by atoms with van der Waals surface area (Å²) in [5.41, 5.74) is 1.24. The van der Waals surface area contributed by atoms with E-state index in [0.717, 1.165) is 17.7 Å². The topological polar surface area (TPSA) is 72.5 Å². The van der Waals surface area contributed by atoms with Crippen LogP contribution < -0.4 is 10.1 Å². The van der Waals surface area contributed by atoms with E-state index >= 15 is 0 Å². The predicted octanol–water partition coefficient (Wildman–Crippen LogP) is 4.72. The Labute approximate surface area is 160 Å². The molecule has 8 heteroatoms. The Kier molecular flexibility index (Phi) is 5.41. The summed E-state index contributed by atoms with van der Waals surface area (Å²) in [5, 5.41) is 2.48. The Morgan fingerprint density at radius 1 is 0.893 bits per heavy atom. The molecular formula is C20H15F2NO4S. The Bertz CT molecular complexity index is 1130. The molecule has 144 valence electrons. The summed E-state index contributed by atoms with van der Waals surface area (Å²) in [4.78, 5) is 11.4. The number of halogens is 2. The summed E-state index contributed by atoms with van der Waals surface area (Å²) in [6, 6.07) is 14.5. The van der Waals surface area contributed by atoms with Gasteiger partial charge in [0, 0.05) is 5.69 Å². The van der Waals surface area contributed by atoms with Crippen LogP contribution in [0.25, 0.3) is 0 Å². The Hall–Kier alpha value is -3.26. The minimum atomic E-state index is -4.03. The maximum Gasteiger partial charge on any atom is 0.417 e. The van der Waals surface area contributed by atoms with E-state index < -0.39 is 27.6 Å². The van der Waals surface area contributed by atoms with Crippen LogP contribution in [0.2, 0.25) is 0 Å². The summed E-state index contributed by atoms with van der Waals surface area (Å²) < 4.78 is 56.5. The van der Waals surface area contributed by atoms with Crippen LogP contribution >= 0.6 is 0 Å². The van der Waals surface area contributed by atoms with Crippen molar-refractivity contribution in [2.24, 2.45) is 0 Å². The zero-order valence-corrected chi connectivity index (χ0v) is 15.5.